The second kappa shape index (κ2) is 9.55. The van der Waals surface area contributed by atoms with Crippen molar-refractivity contribution in [3.63, 3.8) is 0 Å². The molecule has 1 aromatic carbocycles. The SMILES string of the molecule is CCOC(=O)C(CCC(Br)c1ccccc1)C(=O)OCC. The van der Waals surface area contributed by atoms with Gasteiger partial charge in [0.15, 0.2) is 5.92 Å². The second-order valence-electron chi connectivity index (χ2n) is 4.51. The molecule has 4 nitrogen and oxygen atoms in total. The van der Waals surface area contributed by atoms with Crippen molar-refractivity contribution in [3.05, 3.63) is 35.9 Å². The van der Waals surface area contributed by atoms with E-state index < -0.39 is 17.9 Å². The van der Waals surface area contributed by atoms with Gasteiger partial charge in [-0.05, 0) is 32.3 Å². The molecule has 0 spiro atoms. The molecule has 0 aliphatic rings. The Morgan fingerprint density at radius 2 is 1.52 bits per heavy atom. The third-order valence-electron chi connectivity index (χ3n) is 3.01. The standard InChI is InChI=1S/C16H21BrO4/c1-3-20-15(18)13(16(19)21-4-2)10-11-14(17)12-8-6-5-7-9-12/h5-9,13-14H,3-4,10-11H2,1-2H3. The van der Waals surface area contributed by atoms with E-state index in [0.29, 0.717) is 12.8 Å². The van der Waals surface area contributed by atoms with Gasteiger partial charge in [-0.3, -0.25) is 9.59 Å². The van der Waals surface area contributed by atoms with Crippen LogP contribution in [0.3, 0.4) is 0 Å². The lowest BCUT2D eigenvalue weighted by atomic mass is 9.99. The fraction of sp³-hybridized carbons (Fsp3) is 0.500. The number of carbonyl (C=O) groups excluding carboxylic acids is 2. The second-order valence-corrected chi connectivity index (χ2v) is 5.62. The molecule has 0 aliphatic carbocycles. The van der Waals surface area contributed by atoms with Gasteiger partial charge in [-0.1, -0.05) is 46.3 Å². The monoisotopic (exact) mass is 356 g/mol. The van der Waals surface area contributed by atoms with Gasteiger partial charge in [0.25, 0.3) is 0 Å². The fourth-order valence-corrected chi connectivity index (χ4v) is 2.53. The molecule has 116 valence electrons. The maximum atomic E-state index is 11.9. The molecule has 5 heteroatoms. The van der Waals surface area contributed by atoms with Crippen LogP contribution in [-0.2, 0) is 19.1 Å². The average molecular weight is 357 g/mol. The molecule has 0 amide bonds. The maximum Gasteiger partial charge on any atom is 0.320 e. The van der Waals surface area contributed by atoms with Crippen LogP contribution in [0.25, 0.3) is 0 Å². The predicted octanol–water partition coefficient (Wildman–Crippen LogP) is 3.65. The first-order valence-electron chi connectivity index (χ1n) is 7.12. The molecule has 0 heterocycles. The van der Waals surface area contributed by atoms with E-state index in [1.54, 1.807) is 13.8 Å². The summed E-state index contributed by atoms with van der Waals surface area (Å²) >= 11 is 3.59. The lowest BCUT2D eigenvalue weighted by Crippen LogP contribution is -2.28. The average Bonchev–Trinajstić information content (AvgIpc) is 2.48. The summed E-state index contributed by atoms with van der Waals surface area (Å²) in [6.07, 6.45) is 1.04. The van der Waals surface area contributed by atoms with Crippen molar-refractivity contribution in [1.29, 1.82) is 0 Å². The highest BCUT2D eigenvalue weighted by Gasteiger charge is 2.29. The van der Waals surface area contributed by atoms with Crippen LogP contribution in [0.2, 0.25) is 0 Å². The first-order chi connectivity index (χ1) is 10.1. The van der Waals surface area contributed by atoms with Gasteiger partial charge in [0.2, 0.25) is 0 Å². The summed E-state index contributed by atoms with van der Waals surface area (Å²) < 4.78 is 9.91. The van der Waals surface area contributed by atoms with E-state index in [1.165, 1.54) is 0 Å². The Labute approximate surface area is 133 Å². The number of benzene rings is 1. The van der Waals surface area contributed by atoms with Crippen molar-refractivity contribution in [1.82, 2.24) is 0 Å². The van der Waals surface area contributed by atoms with Crippen LogP contribution < -0.4 is 0 Å². The molecule has 0 saturated carbocycles. The first kappa shape index (κ1) is 17.7. The highest BCUT2D eigenvalue weighted by atomic mass is 79.9. The Bertz CT molecular complexity index is 429. The van der Waals surface area contributed by atoms with Crippen molar-refractivity contribution in [3.8, 4) is 0 Å². The van der Waals surface area contributed by atoms with Gasteiger partial charge >= 0.3 is 11.9 Å². The Hall–Kier alpha value is -1.36. The number of hydrogen-bond donors (Lipinski definition) is 0. The van der Waals surface area contributed by atoms with Gasteiger partial charge in [0.05, 0.1) is 13.2 Å². The normalized spacial score (nSPS) is 12.0. The van der Waals surface area contributed by atoms with Crippen LogP contribution in [0, 0.1) is 5.92 Å². The maximum absolute atomic E-state index is 11.9. The zero-order valence-corrected chi connectivity index (χ0v) is 14.0. The Morgan fingerprint density at radius 3 is 2.00 bits per heavy atom. The molecule has 1 unspecified atom stereocenters. The molecule has 0 aliphatic heterocycles. The molecule has 0 aromatic heterocycles. The molecule has 1 atom stereocenters. The van der Waals surface area contributed by atoms with E-state index in [9.17, 15) is 9.59 Å². The third kappa shape index (κ3) is 5.87. The number of alkyl halides is 1. The minimum atomic E-state index is -0.853. The Balaban J connectivity index is 2.64. The van der Waals surface area contributed by atoms with Gasteiger partial charge in [-0.15, -0.1) is 0 Å². The summed E-state index contributed by atoms with van der Waals surface area (Å²) in [6, 6.07) is 9.87. The van der Waals surface area contributed by atoms with Crippen molar-refractivity contribution < 1.29 is 19.1 Å². The van der Waals surface area contributed by atoms with Crippen molar-refractivity contribution in [2.24, 2.45) is 5.92 Å². The number of rotatable bonds is 8. The van der Waals surface area contributed by atoms with Crippen molar-refractivity contribution in [2.75, 3.05) is 13.2 Å². The summed E-state index contributed by atoms with van der Waals surface area (Å²) in [5.41, 5.74) is 1.11. The van der Waals surface area contributed by atoms with Crippen LogP contribution in [0.15, 0.2) is 30.3 Å². The van der Waals surface area contributed by atoms with E-state index in [0.717, 1.165) is 5.56 Å². The number of carbonyl (C=O) groups is 2. The molecule has 1 aromatic rings. The number of esters is 2. The molecule has 0 saturated heterocycles. The molecule has 0 radical (unpaired) electrons. The van der Waals surface area contributed by atoms with Crippen LogP contribution in [0.4, 0.5) is 0 Å². The quantitative estimate of drug-likeness (QED) is 0.405. The summed E-state index contributed by atoms with van der Waals surface area (Å²) in [5, 5.41) is 0. The number of hydrogen-bond acceptors (Lipinski definition) is 4. The molecule has 0 N–H and O–H groups in total. The molecule has 0 bridgehead atoms. The van der Waals surface area contributed by atoms with Gasteiger partial charge < -0.3 is 9.47 Å². The van der Waals surface area contributed by atoms with Crippen LogP contribution in [-0.4, -0.2) is 25.2 Å². The zero-order chi connectivity index (χ0) is 15.7. The minimum Gasteiger partial charge on any atom is -0.465 e. The number of halogens is 1. The van der Waals surface area contributed by atoms with Gasteiger partial charge in [-0.2, -0.15) is 0 Å². The molecular formula is C16H21BrO4. The van der Waals surface area contributed by atoms with Gasteiger partial charge in [0.1, 0.15) is 0 Å². The van der Waals surface area contributed by atoms with Gasteiger partial charge in [-0.25, -0.2) is 0 Å². The molecular weight excluding hydrogens is 336 g/mol. The van der Waals surface area contributed by atoms with Crippen LogP contribution in [0.1, 0.15) is 37.1 Å². The van der Waals surface area contributed by atoms with E-state index >= 15 is 0 Å². The highest BCUT2D eigenvalue weighted by molar-refractivity contribution is 9.09. The van der Waals surface area contributed by atoms with Gasteiger partial charge in [0, 0.05) is 4.83 Å². The summed E-state index contributed by atoms with van der Waals surface area (Å²) in [5.74, 6) is -1.87. The summed E-state index contributed by atoms with van der Waals surface area (Å²) in [4.78, 5) is 23.8. The predicted molar refractivity (Wildman–Crippen MR) is 84.1 cm³/mol. The van der Waals surface area contributed by atoms with E-state index in [-0.39, 0.29) is 18.0 Å². The van der Waals surface area contributed by atoms with E-state index in [4.69, 9.17) is 9.47 Å². The smallest absolute Gasteiger partial charge is 0.320 e. The minimum absolute atomic E-state index is 0.0880. The highest BCUT2D eigenvalue weighted by Crippen LogP contribution is 2.29. The van der Waals surface area contributed by atoms with E-state index in [1.807, 2.05) is 30.3 Å². The Morgan fingerprint density at radius 1 is 1.00 bits per heavy atom. The zero-order valence-electron chi connectivity index (χ0n) is 12.4. The van der Waals surface area contributed by atoms with Crippen molar-refractivity contribution in [2.45, 2.75) is 31.5 Å². The van der Waals surface area contributed by atoms with Crippen LogP contribution >= 0.6 is 15.9 Å². The van der Waals surface area contributed by atoms with Crippen LogP contribution in [0.5, 0.6) is 0 Å². The topological polar surface area (TPSA) is 52.6 Å². The third-order valence-corrected chi connectivity index (χ3v) is 4.00. The largest absolute Gasteiger partial charge is 0.465 e. The summed E-state index contributed by atoms with van der Waals surface area (Å²) in [7, 11) is 0. The van der Waals surface area contributed by atoms with Crippen molar-refractivity contribution >= 4 is 27.9 Å². The lowest BCUT2D eigenvalue weighted by Gasteiger charge is -2.16. The fourth-order valence-electron chi connectivity index (χ4n) is 1.96. The number of ether oxygens (including phenoxy) is 2. The molecule has 1 rings (SSSR count). The molecule has 21 heavy (non-hydrogen) atoms. The Kier molecular flexibility index (Phi) is 8.05. The lowest BCUT2D eigenvalue weighted by molar-refractivity contribution is -0.161. The molecule has 0 fully saturated rings. The first-order valence-corrected chi connectivity index (χ1v) is 8.04. The van der Waals surface area contributed by atoms with E-state index in [2.05, 4.69) is 15.9 Å². The summed E-state index contributed by atoms with van der Waals surface area (Å²) in [6.45, 7) is 3.95.